The van der Waals surface area contributed by atoms with Crippen LogP contribution in [0.15, 0.2) is 41.4 Å². The van der Waals surface area contributed by atoms with Crippen molar-refractivity contribution in [1.82, 2.24) is 4.72 Å². The molecule has 0 saturated carbocycles. The summed E-state index contributed by atoms with van der Waals surface area (Å²) >= 11 is 3.46. The van der Waals surface area contributed by atoms with E-state index in [1.807, 2.05) is 51.1 Å². The first-order valence-corrected chi connectivity index (χ1v) is 7.83. The van der Waals surface area contributed by atoms with E-state index in [4.69, 9.17) is 0 Å². The summed E-state index contributed by atoms with van der Waals surface area (Å²) in [4.78, 5) is 0. The van der Waals surface area contributed by atoms with E-state index >= 15 is 0 Å². The molecule has 100 valence electrons. The highest BCUT2D eigenvalue weighted by Crippen LogP contribution is 2.23. The summed E-state index contributed by atoms with van der Waals surface area (Å²) in [6, 6.07) is 8.07. The highest BCUT2D eigenvalue weighted by Gasteiger charge is 2.23. The molecule has 1 aromatic rings. The minimum Gasteiger partial charge on any atom is -0.242 e. The molecule has 0 heterocycles. The molecular weight excluding hydrogens is 310 g/mol. The summed E-state index contributed by atoms with van der Waals surface area (Å²) in [5, 5.41) is 0. The van der Waals surface area contributed by atoms with Crippen LogP contribution < -0.4 is 4.72 Å². The second-order valence-corrected chi connectivity index (χ2v) is 8.04. The third-order valence-electron chi connectivity index (χ3n) is 2.46. The van der Waals surface area contributed by atoms with Gasteiger partial charge in [-0.3, -0.25) is 0 Å². The SMILES string of the molecule is C=CC[C@@H](NS(=O)C(C)(C)C)c1cccc(Br)c1. The zero-order valence-corrected chi connectivity index (χ0v) is 13.5. The van der Waals surface area contributed by atoms with Crippen molar-refractivity contribution in [3.8, 4) is 0 Å². The Morgan fingerprint density at radius 1 is 1.50 bits per heavy atom. The van der Waals surface area contributed by atoms with Gasteiger partial charge in [-0.05, 0) is 44.9 Å². The lowest BCUT2D eigenvalue weighted by Crippen LogP contribution is -2.35. The van der Waals surface area contributed by atoms with Crippen LogP contribution >= 0.6 is 15.9 Å². The first-order chi connectivity index (χ1) is 8.34. The van der Waals surface area contributed by atoms with Crippen molar-refractivity contribution in [1.29, 1.82) is 0 Å². The second kappa shape index (κ2) is 6.64. The van der Waals surface area contributed by atoms with Crippen LogP contribution in [-0.4, -0.2) is 8.96 Å². The Balaban J connectivity index is 2.90. The van der Waals surface area contributed by atoms with Crippen molar-refractivity contribution in [2.45, 2.75) is 38.0 Å². The van der Waals surface area contributed by atoms with E-state index in [0.717, 1.165) is 16.5 Å². The summed E-state index contributed by atoms with van der Waals surface area (Å²) in [6.45, 7) is 9.65. The second-order valence-electron chi connectivity index (χ2n) is 5.13. The van der Waals surface area contributed by atoms with Crippen LogP contribution in [-0.2, 0) is 11.0 Å². The van der Waals surface area contributed by atoms with Crippen LogP contribution in [0.5, 0.6) is 0 Å². The first kappa shape index (κ1) is 15.6. The molecule has 18 heavy (non-hydrogen) atoms. The fraction of sp³-hybridized carbons (Fsp3) is 0.429. The molecule has 0 spiro atoms. The third-order valence-corrected chi connectivity index (χ3v) is 4.56. The topological polar surface area (TPSA) is 29.1 Å². The van der Waals surface area contributed by atoms with Gasteiger partial charge in [0.05, 0.1) is 15.7 Å². The van der Waals surface area contributed by atoms with Crippen molar-refractivity contribution >= 4 is 26.9 Å². The number of benzene rings is 1. The minimum absolute atomic E-state index is 0.0278. The molecule has 0 saturated heterocycles. The summed E-state index contributed by atoms with van der Waals surface area (Å²) in [5.41, 5.74) is 1.11. The van der Waals surface area contributed by atoms with E-state index in [9.17, 15) is 4.21 Å². The maximum Gasteiger partial charge on any atom is 0.0976 e. The molecule has 0 radical (unpaired) electrons. The van der Waals surface area contributed by atoms with E-state index in [1.54, 1.807) is 0 Å². The van der Waals surface area contributed by atoms with Crippen molar-refractivity contribution in [2.24, 2.45) is 0 Å². The quantitative estimate of drug-likeness (QED) is 0.809. The highest BCUT2D eigenvalue weighted by molar-refractivity contribution is 9.10. The van der Waals surface area contributed by atoms with Crippen LogP contribution in [0.4, 0.5) is 0 Å². The lowest BCUT2D eigenvalue weighted by molar-refractivity contribution is 0.601. The smallest absolute Gasteiger partial charge is 0.0976 e. The van der Waals surface area contributed by atoms with E-state index in [-0.39, 0.29) is 10.8 Å². The molecular formula is C14H20BrNOS. The zero-order valence-electron chi connectivity index (χ0n) is 11.1. The van der Waals surface area contributed by atoms with Gasteiger partial charge in [-0.25, -0.2) is 8.93 Å². The largest absolute Gasteiger partial charge is 0.242 e. The van der Waals surface area contributed by atoms with Crippen LogP contribution in [0.25, 0.3) is 0 Å². The predicted molar refractivity (Wildman–Crippen MR) is 82.7 cm³/mol. The van der Waals surface area contributed by atoms with Crippen molar-refractivity contribution in [3.05, 3.63) is 47.0 Å². The number of halogens is 1. The molecule has 0 bridgehead atoms. The standard InChI is InChI=1S/C14H20BrNOS/c1-5-7-13(16-18(17)14(2,3)4)11-8-6-9-12(15)10-11/h5-6,8-10,13,16H,1,7H2,2-4H3/t13-,18?/m1/s1. The average molecular weight is 330 g/mol. The molecule has 1 unspecified atom stereocenters. The van der Waals surface area contributed by atoms with Gasteiger partial charge in [-0.1, -0.05) is 34.1 Å². The van der Waals surface area contributed by atoms with Crippen LogP contribution in [0, 0.1) is 0 Å². The van der Waals surface area contributed by atoms with Crippen molar-refractivity contribution in [2.75, 3.05) is 0 Å². The molecule has 1 aromatic carbocycles. The van der Waals surface area contributed by atoms with Gasteiger partial charge in [0, 0.05) is 10.5 Å². The van der Waals surface area contributed by atoms with Gasteiger partial charge in [0.25, 0.3) is 0 Å². The van der Waals surface area contributed by atoms with Gasteiger partial charge < -0.3 is 0 Å². The monoisotopic (exact) mass is 329 g/mol. The van der Waals surface area contributed by atoms with E-state index in [2.05, 4.69) is 27.2 Å². The Hall–Kier alpha value is -0.450. The lowest BCUT2D eigenvalue weighted by Gasteiger charge is -2.24. The Kier molecular flexibility index (Phi) is 5.76. The lowest BCUT2D eigenvalue weighted by atomic mass is 10.1. The zero-order chi connectivity index (χ0) is 13.8. The molecule has 4 heteroatoms. The predicted octanol–water partition coefficient (Wildman–Crippen LogP) is 4.12. The highest BCUT2D eigenvalue weighted by atomic mass is 79.9. The molecule has 1 N–H and O–H groups in total. The summed E-state index contributed by atoms with van der Waals surface area (Å²) < 4.78 is 16.1. The van der Waals surface area contributed by atoms with Gasteiger partial charge in [0.1, 0.15) is 0 Å². The summed E-state index contributed by atoms with van der Waals surface area (Å²) in [7, 11) is -1.09. The van der Waals surface area contributed by atoms with E-state index in [0.29, 0.717) is 0 Å². The Bertz CT molecular complexity index is 440. The molecule has 0 aliphatic rings. The molecule has 0 fully saturated rings. The first-order valence-electron chi connectivity index (χ1n) is 5.89. The Morgan fingerprint density at radius 3 is 2.67 bits per heavy atom. The Morgan fingerprint density at radius 2 is 2.17 bits per heavy atom. The molecule has 0 aliphatic carbocycles. The van der Waals surface area contributed by atoms with Gasteiger partial charge in [0.2, 0.25) is 0 Å². The van der Waals surface area contributed by atoms with Gasteiger partial charge in [-0.15, -0.1) is 6.58 Å². The Labute approximate surface area is 121 Å². The molecule has 2 atom stereocenters. The van der Waals surface area contributed by atoms with Crippen molar-refractivity contribution in [3.63, 3.8) is 0 Å². The number of hydrogen-bond acceptors (Lipinski definition) is 1. The summed E-state index contributed by atoms with van der Waals surface area (Å²) in [6.07, 6.45) is 2.59. The normalized spacial score (nSPS) is 15.1. The fourth-order valence-corrected chi connectivity index (χ4v) is 2.71. The van der Waals surface area contributed by atoms with Gasteiger partial charge in [0.15, 0.2) is 0 Å². The summed E-state index contributed by atoms with van der Waals surface area (Å²) in [5.74, 6) is 0. The number of hydrogen-bond donors (Lipinski definition) is 1. The van der Waals surface area contributed by atoms with E-state index in [1.165, 1.54) is 0 Å². The molecule has 0 amide bonds. The number of rotatable bonds is 5. The fourth-order valence-electron chi connectivity index (χ4n) is 1.45. The van der Waals surface area contributed by atoms with Crippen LogP contribution in [0.2, 0.25) is 0 Å². The van der Waals surface area contributed by atoms with Gasteiger partial charge >= 0.3 is 0 Å². The molecule has 1 rings (SSSR count). The minimum atomic E-state index is -1.09. The van der Waals surface area contributed by atoms with E-state index < -0.39 is 11.0 Å². The maximum absolute atomic E-state index is 12.2. The molecule has 2 nitrogen and oxygen atoms in total. The molecule has 0 aliphatic heterocycles. The number of nitrogens with one attached hydrogen (secondary N) is 1. The van der Waals surface area contributed by atoms with Gasteiger partial charge in [-0.2, -0.15) is 0 Å². The van der Waals surface area contributed by atoms with Crippen LogP contribution in [0.3, 0.4) is 0 Å². The van der Waals surface area contributed by atoms with Crippen LogP contribution in [0.1, 0.15) is 38.8 Å². The third kappa shape index (κ3) is 4.67. The molecule has 0 aromatic heterocycles. The van der Waals surface area contributed by atoms with Crippen molar-refractivity contribution < 1.29 is 4.21 Å². The average Bonchev–Trinajstić information content (AvgIpc) is 2.27. The maximum atomic E-state index is 12.2.